The van der Waals surface area contributed by atoms with Crippen molar-refractivity contribution in [3.05, 3.63) is 35.4 Å². The third-order valence-corrected chi connectivity index (χ3v) is 3.17. The van der Waals surface area contributed by atoms with Crippen LogP contribution in [0, 0.1) is 11.6 Å². The number of unbranched alkanes of at least 4 members (excludes halogenated alkanes) is 1. The number of halogens is 2. The molecule has 0 bridgehead atoms. The Labute approximate surface area is 109 Å². The summed E-state index contributed by atoms with van der Waals surface area (Å²) in [5, 5.41) is 3.27. The van der Waals surface area contributed by atoms with Crippen molar-refractivity contribution in [2.75, 3.05) is 0 Å². The van der Waals surface area contributed by atoms with Gasteiger partial charge in [0.05, 0.1) is 0 Å². The van der Waals surface area contributed by atoms with Crippen molar-refractivity contribution in [3.8, 4) is 0 Å². The second kappa shape index (κ2) is 8.20. The molecule has 0 aliphatic rings. The van der Waals surface area contributed by atoms with E-state index in [9.17, 15) is 8.78 Å². The average Bonchev–Trinajstić information content (AvgIpc) is 2.35. The molecule has 1 unspecified atom stereocenters. The molecule has 3 heteroatoms. The molecular formula is C15H23F2N. The first kappa shape index (κ1) is 15.1. The minimum absolute atomic E-state index is 0.148. The van der Waals surface area contributed by atoms with Gasteiger partial charge in [-0.3, -0.25) is 0 Å². The second-order valence-electron chi connectivity index (χ2n) is 4.71. The molecule has 102 valence electrons. The Morgan fingerprint density at radius 3 is 2.28 bits per heavy atom. The molecule has 1 nitrogen and oxygen atoms in total. The lowest BCUT2D eigenvalue weighted by atomic mass is 10.0. The lowest BCUT2D eigenvalue weighted by Gasteiger charge is -2.18. The number of hydrogen-bond donors (Lipinski definition) is 1. The Morgan fingerprint density at radius 1 is 1.06 bits per heavy atom. The van der Waals surface area contributed by atoms with Crippen LogP contribution in [-0.4, -0.2) is 6.04 Å². The number of hydrogen-bond acceptors (Lipinski definition) is 1. The van der Waals surface area contributed by atoms with E-state index in [1.165, 1.54) is 18.2 Å². The molecular weight excluding hydrogens is 232 g/mol. The summed E-state index contributed by atoms with van der Waals surface area (Å²) in [6.45, 7) is 4.55. The molecule has 18 heavy (non-hydrogen) atoms. The molecule has 1 aromatic carbocycles. The molecule has 0 spiro atoms. The van der Waals surface area contributed by atoms with Crippen molar-refractivity contribution in [2.45, 2.75) is 58.5 Å². The summed E-state index contributed by atoms with van der Waals surface area (Å²) in [6, 6.07) is 4.37. The normalized spacial score (nSPS) is 12.7. The van der Waals surface area contributed by atoms with E-state index in [2.05, 4.69) is 19.2 Å². The van der Waals surface area contributed by atoms with Crippen LogP contribution < -0.4 is 5.32 Å². The van der Waals surface area contributed by atoms with Gasteiger partial charge >= 0.3 is 0 Å². The highest BCUT2D eigenvalue weighted by Gasteiger charge is 2.11. The molecule has 1 atom stereocenters. The first-order chi connectivity index (χ1) is 8.69. The molecule has 0 aliphatic carbocycles. The van der Waals surface area contributed by atoms with E-state index in [0.29, 0.717) is 6.04 Å². The van der Waals surface area contributed by atoms with Crippen LogP contribution in [0.4, 0.5) is 8.78 Å². The van der Waals surface area contributed by atoms with Crippen molar-refractivity contribution < 1.29 is 8.78 Å². The number of benzene rings is 1. The van der Waals surface area contributed by atoms with Crippen LogP contribution in [0.15, 0.2) is 18.2 Å². The van der Waals surface area contributed by atoms with Gasteiger partial charge in [0.25, 0.3) is 0 Å². The minimum Gasteiger partial charge on any atom is -0.310 e. The van der Waals surface area contributed by atoms with E-state index in [1.54, 1.807) is 0 Å². The Kier molecular flexibility index (Phi) is 6.88. The van der Waals surface area contributed by atoms with Crippen LogP contribution in [0.5, 0.6) is 0 Å². The Bertz CT molecular complexity index is 332. The Hall–Kier alpha value is -0.960. The van der Waals surface area contributed by atoms with E-state index < -0.39 is 11.6 Å². The van der Waals surface area contributed by atoms with E-state index in [-0.39, 0.29) is 12.1 Å². The van der Waals surface area contributed by atoms with Crippen molar-refractivity contribution in [2.24, 2.45) is 0 Å². The van der Waals surface area contributed by atoms with Gasteiger partial charge in [0.1, 0.15) is 11.6 Å². The second-order valence-corrected chi connectivity index (χ2v) is 4.71. The highest BCUT2D eigenvalue weighted by molar-refractivity contribution is 5.19. The molecule has 0 amide bonds. The predicted molar refractivity (Wildman–Crippen MR) is 71.4 cm³/mol. The summed E-state index contributed by atoms with van der Waals surface area (Å²) in [4.78, 5) is 0. The maximum atomic E-state index is 13.5. The fourth-order valence-electron chi connectivity index (χ4n) is 2.10. The van der Waals surface area contributed by atoms with Gasteiger partial charge in [0.2, 0.25) is 0 Å². The molecule has 0 fully saturated rings. The van der Waals surface area contributed by atoms with Gasteiger partial charge in [-0.05, 0) is 25.0 Å². The van der Waals surface area contributed by atoms with Gasteiger partial charge in [-0.2, -0.15) is 0 Å². The molecule has 1 N–H and O–H groups in total. The molecule has 0 saturated carbocycles. The van der Waals surface area contributed by atoms with Crippen LogP contribution in [-0.2, 0) is 6.54 Å². The monoisotopic (exact) mass is 255 g/mol. The molecule has 0 saturated heterocycles. The predicted octanol–water partition coefficient (Wildman–Crippen LogP) is 4.41. The maximum absolute atomic E-state index is 13.5. The van der Waals surface area contributed by atoms with Gasteiger partial charge in [-0.25, -0.2) is 8.78 Å². The van der Waals surface area contributed by atoms with Gasteiger partial charge in [-0.1, -0.05) is 39.2 Å². The van der Waals surface area contributed by atoms with E-state index in [1.807, 2.05) is 0 Å². The quantitative estimate of drug-likeness (QED) is 0.725. The van der Waals surface area contributed by atoms with E-state index in [4.69, 9.17) is 0 Å². The zero-order chi connectivity index (χ0) is 13.4. The van der Waals surface area contributed by atoms with Crippen molar-refractivity contribution in [1.29, 1.82) is 0 Å². The smallest absolute Gasteiger partial charge is 0.130 e. The minimum atomic E-state index is -0.465. The fraction of sp³-hybridized carbons (Fsp3) is 0.600. The van der Waals surface area contributed by atoms with Gasteiger partial charge in [-0.15, -0.1) is 0 Å². The van der Waals surface area contributed by atoms with Crippen LogP contribution in [0.3, 0.4) is 0 Å². The third kappa shape index (κ3) is 4.73. The summed E-state index contributed by atoms with van der Waals surface area (Å²) >= 11 is 0. The fourth-order valence-corrected chi connectivity index (χ4v) is 2.10. The summed E-state index contributed by atoms with van der Waals surface area (Å²) in [6.07, 6.45) is 5.50. The van der Waals surface area contributed by atoms with Gasteiger partial charge in [0.15, 0.2) is 0 Å². The van der Waals surface area contributed by atoms with Crippen LogP contribution in [0.1, 0.15) is 51.5 Å². The molecule has 1 rings (SSSR count). The summed E-state index contributed by atoms with van der Waals surface area (Å²) in [7, 11) is 0. The molecule has 1 aromatic rings. The molecule has 0 radical (unpaired) electrons. The highest BCUT2D eigenvalue weighted by Crippen LogP contribution is 2.13. The van der Waals surface area contributed by atoms with E-state index >= 15 is 0 Å². The summed E-state index contributed by atoms with van der Waals surface area (Å²) in [5.41, 5.74) is 0.148. The molecule has 0 aliphatic heterocycles. The molecule has 0 aromatic heterocycles. The van der Waals surface area contributed by atoms with Crippen molar-refractivity contribution >= 4 is 0 Å². The summed E-state index contributed by atoms with van der Waals surface area (Å²) < 4.78 is 26.9. The van der Waals surface area contributed by atoms with Crippen molar-refractivity contribution in [1.82, 2.24) is 5.32 Å². The topological polar surface area (TPSA) is 12.0 Å². The number of rotatable bonds is 8. The standard InChI is InChI=1S/C15H23F2N/c1-3-5-8-12(7-4-2)18-11-13-14(16)9-6-10-15(13)17/h6,9-10,12,18H,3-5,7-8,11H2,1-2H3. The zero-order valence-electron chi connectivity index (χ0n) is 11.3. The maximum Gasteiger partial charge on any atom is 0.130 e. The van der Waals surface area contributed by atoms with Gasteiger partial charge < -0.3 is 5.32 Å². The van der Waals surface area contributed by atoms with Crippen LogP contribution in [0.2, 0.25) is 0 Å². The van der Waals surface area contributed by atoms with Crippen molar-refractivity contribution in [3.63, 3.8) is 0 Å². The third-order valence-electron chi connectivity index (χ3n) is 3.17. The lowest BCUT2D eigenvalue weighted by molar-refractivity contribution is 0.422. The lowest BCUT2D eigenvalue weighted by Crippen LogP contribution is -2.29. The molecule has 0 heterocycles. The number of nitrogens with one attached hydrogen (secondary N) is 1. The highest BCUT2D eigenvalue weighted by atomic mass is 19.1. The zero-order valence-corrected chi connectivity index (χ0v) is 11.3. The van der Waals surface area contributed by atoms with Gasteiger partial charge in [0, 0.05) is 18.2 Å². The first-order valence-electron chi connectivity index (χ1n) is 6.85. The Balaban J connectivity index is 2.55. The average molecular weight is 255 g/mol. The van der Waals surface area contributed by atoms with E-state index in [0.717, 1.165) is 32.1 Å². The Morgan fingerprint density at radius 2 is 1.72 bits per heavy atom. The largest absolute Gasteiger partial charge is 0.310 e. The summed E-state index contributed by atoms with van der Waals surface area (Å²) in [5.74, 6) is -0.929. The van der Waals surface area contributed by atoms with Crippen LogP contribution in [0.25, 0.3) is 0 Å². The SMILES string of the molecule is CCCCC(CCC)NCc1c(F)cccc1F. The first-order valence-corrected chi connectivity index (χ1v) is 6.85. The van der Waals surface area contributed by atoms with Crippen LogP contribution >= 0.6 is 0 Å².